The number of hydrogen-bond donors (Lipinski definition) is 1. The third-order valence-corrected chi connectivity index (χ3v) is 6.26. The summed E-state index contributed by atoms with van der Waals surface area (Å²) >= 11 is 6.35. The minimum Gasteiger partial charge on any atom is -0.485 e. The molecule has 0 unspecified atom stereocenters. The van der Waals surface area contributed by atoms with Crippen LogP contribution in [0.3, 0.4) is 0 Å². The number of aromatic nitrogens is 4. The lowest BCUT2D eigenvalue weighted by Crippen LogP contribution is -2.32. The van der Waals surface area contributed by atoms with Crippen molar-refractivity contribution in [1.29, 1.82) is 0 Å². The van der Waals surface area contributed by atoms with Crippen molar-refractivity contribution in [3.05, 3.63) is 108 Å². The normalized spacial score (nSPS) is 11.6. The first-order valence-electron chi connectivity index (χ1n) is 11.6. The standard InChI is InChI=1S/C27H25ClF2N4O4/c1-14-6-18(27(4,5)37)25(35)33(12-14)23-9-21(15(2)10-32-23)34-16(3)7-22(24(28)26(34)36)38-13-20-19(30)8-17(29)11-31-20/h6-12,37H,13H2,1-5H3. The van der Waals surface area contributed by atoms with Crippen LogP contribution in [0.15, 0.2) is 52.4 Å². The molecule has 11 heteroatoms. The van der Waals surface area contributed by atoms with Crippen LogP contribution in [0.1, 0.15) is 41.9 Å². The maximum atomic E-state index is 13.9. The van der Waals surface area contributed by atoms with Crippen LogP contribution >= 0.6 is 11.6 Å². The summed E-state index contributed by atoms with van der Waals surface area (Å²) in [5, 5.41) is 10.2. The summed E-state index contributed by atoms with van der Waals surface area (Å²) in [5.74, 6) is -1.46. The number of nitrogens with zero attached hydrogens (tertiary/aromatic N) is 4. The van der Waals surface area contributed by atoms with Gasteiger partial charge in [0.15, 0.2) is 5.82 Å². The van der Waals surface area contributed by atoms with Crippen LogP contribution in [-0.4, -0.2) is 24.2 Å². The number of pyridine rings is 4. The summed E-state index contributed by atoms with van der Waals surface area (Å²) in [6, 6.07) is 5.39. The first kappa shape index (κ1) is 27.2. The van der Waals surface area contributed by atoms with Gasteiger partial charge in [0.05, 0.1) is 17.5 Å². The van der Waals surface area contributed by atoms with Gasteiger partial charge in [-0.3, -0.25) is 23.7 Å². The first-order chi connectivity index (χ1) is 17.8. The van der Waals surface area contributed by atoms with Crippen molar-refractivity contribution in [3.8, 4) is 17.3 Å². The molecule has 0 aliphatic carbocycles. The quantitative estimate of drug-likeness (QED) is 0.387. The molecule has 0 saturated heterocycles. The summed E-state index contributed by atoms with van der Waals surface area (Å²) in [6.45, 7) is 7.88. The predicted octanol–water partition coefficient (Wildman–Crippen LogP) is 4.44. The van der Waals surface area contributed by atoms with Gasteiger partial charge in [0.1, 0.15) is 34.7 Å². The molecule has 0 atom stereocenters. The fraction of sp³-hybridized carbons (Fsp3) is 0.259. The summed E-state index contributed by atoms with van der Waals surface area (Å²) < 4.78 is 35.3. The van der Waals surface area contributed by atoms with E-state index in [0.717, 1.165) is 11.8 Å². The zero-order valence-corrected chi connectivity index (χ0v) is 22.1. The summed E-state index contributed by atoms with van der Waals surface area (Å²) in [5.41, 5.74) is -0.145. The lowest BCUT2D eigenvalue weighted by atomic mass is 9.99. The predicted molar refractivity (Wildman–Crippen MR) is 138 cm³/mol. The largest absolute Gasteiger partial charge is 0.485 e. The molecular weight excluding hydrogens is 518 g/mol. The van der Waals surface area contributed by atoms with Gasteiger partial charge in [0.25, 0.3) is 11.1 Å². The van der Waals surface area contributed by atoms with Gasteiger partial charge in [-0.2, -0.15) is 0 Å². The van der Waals surface area contributed by atoms with Crippen LogP contribution in [0, 0.1) is 32.4 Å². The molecule has 0 aliphatic rings. The molecule has 8 nitrogen and oxygen atoms in total. The zero-order valence-electron chi connectivity index (χ0n) is 21.3. The third kappa shape index (κ3) is 5.23. The Balaban J connectivity index is 1.78. The molecular formula is C27H25ClF2N4O4. The summed E-state index contributed by atoms with van der Waals surface area (Å²) in [6.07, 6.45) is 3.98. The van der Waals surface area contributed by atoms with Crippen molar-refractivity contribution in [2.45, 2.75) is 46.8 Å². The van der Waals surface area contributed by atoms with Crippen LogP contribution < -0.4 is 15.9 Å². The molecule has 1 N–H and O–H groups in total. The topological polar surface area (TPSA) is 99.2 Å². The van der Waals surface area contributed by atoms with Crippen molar-refractivity contribution in [2.24, 2.45) is 0 Å². The Morgan fingerprint density at radius 2 is 1.74 bits per heavy atom. The molecule has 0 radical (unpaired) electrons. The number of rotatable bonds is 6. The van der Waals surface area contributed by atoms with E-state index in [1.165, 1.54) is 35.2 Å². The fourth-order valence-electron chi connectivity index (χ4n) is 3.98. The highest BCUT2D eigenvalue weighted by Crippen LogP contribution is 2.26. The van der Waals surface area contributed by atoms with Crippen molar-refractivity contribution in [2.75, 3.05) is 0 Å². The second kappa shape index (κ2) is 10.1. The molecule has 0 amide bonds. The van der Waals surface area contributed by atoms with Crippen LogP contribution in [0.25, 0.3) is 11.5 Å². The van der Waals surface area contributed by atoms with E-state index in [0.29, 0.717) is 23.0 Å². The molecule has 0 aliphatic heterocycles. The number of ether oxygens (including phenoxy) is 1. The van der Waals surface area contributed by atoms with Gasteiger partial charge in [-0.1, -0.05) is 11.6 Å². The highest BCUT2D eigenvalue weighted by Gasteiger charge is 2.23. The highest BCUT2D eigenvalue weighted by atomic mass is 35.5. The molecule has 0 aromatic carbocycles. The minimum absolute atomic E-state index is 0.00703. The third-order valence-electron chi connectivity index (χ3n) is 5.91. The van der Waals surface area contributed by atoms with Gasteiger partial charge >= 0.3 is 0 Å². The SMILES string of the molecule is Cc1cc(C(C)(C)O)c(=O)n(-c2cc(-n3c(C)cc(OCc4ncc(F)cc4F)c(Cl)c3=O)c(C)cn2)c1. The molecule has 4 rings (SSSR count). The van der Waals surface area contributed by atoms with E-state index < -0.39 is 28.4 Å². The number of halogens is 3. The molecule has 38 heavy (non-hydrogen) atoms. The second-order valence-corrected chi connectivity index (χ2v) is 9.85. The molecule has 0 fully saturated rings. The van der Waals surface area contributed by atoms with Gasteiger partial charge in [-0.25, -0.2) is 13.8 Å². The maximum absolute atomic E-state index is 13.9. The van der Waals surface area contributed by atoms with E-state index in [1.807, 2.05) is 0 Å². The van der Waals surface area contributed by atoms with Crippen LogP contribution in [0.2, 0.25) is 5.02 Å². The Labute approximate surface area is 221 Å². The Morgan fingerprint density at radius 3 is 2.39 bits per heavy atom. The van der Waals surface area contributed by atoms with E-state index in [9.17, 15) is 23.5 Å². The molecule has 0 spiro atoms. The van der Waals surface area contributed by atoms with Crippen LogP contribution in [0.5, 0.6) is 5.75 Å². The zero-order chi connectivity index (χ0) is 27.9. The smallest absolute Gasteiger partial charge is 0.277 e. The van der Waals surface area contributed by atoms with Crippen molar-refractivity contribution in [1.82, 2.24) is 19.1 Å². The first-order valence-corrected chi connectivity index (χ1v) is 11.9. The molecule has 0 saturated carbocycles. The lowest BCUT2D eigenvalue weighted by molar-refractivity contribution is 0.0767. The minimum atomic E-state index is -1.37. The molecule has 198 valence electrons. The van der Waals surface area contributed by atoms with E-state index >= 15 is 0 Å². The monoisotopic (exact) mass is 542 g/mol. The Hall–Kier alpha value is -3.89. The summed E-state index contributed by atoms with van der Waals surface area (Å²) in [4.78, 5) is 34.5. The van der Waals surface area contributed by atoms with Crippen molar-refractivity contribution < 1.29 is 18.6 Å². The van der Waals surface area contributed by atoms with Crippen molar-refractivity contribution >= 4 is 11.6 Å². The molecule has 4 heterocycles. The van der Waals surface area contributed by atoms with Crippen molar-refractivity contribution in [3.63, 3.8) is 0 Å². The van der Waals surface area contributed by atoms with Gasteiger partial charge in [-0.15, -0.1) is 0 Å². The fourth-order valence-corrected chi connectivity index (χ4v) is 4.18. The number of hydrogen-bond acceptors (Lipinski definition) is 6. The van der Waals surface area contributed by atoms with E-state index in [4.69, 9.17) is 16.3 Å². The Kier molecular flexibility index (Phi) is 7.22. The lowest BCUT2D eigenvalue weighted by Gasteiger charge is -2.20. The van der Waals surface area contributed by atoms with Gasteiger partial charge < -0.3 is 9.84 Å². The van der Waals surface area contributed by atoms with Crippen LogP contribution in [-0.2, 0) is 12.2 Å². The molecule has 4 aromatic rings. The van der Waals surface area contributed by atoms with E-state index in [1.54, 1.807) is 39.1 Å². The van der Waals surface area contributed by atoms with Gasteiger partial charge in [-0.05, 0) is 51.8 Å². The average Bonchev–Trinajstić information content (AvgIpc) is 2.83. The number of aliphatic hydroxyl groups is 1. The second-order valence-electron chi connectivity index (χ2n) is 9.47. The Bertz CT molecular complexity index is 1680. The van der Waals surface area contributed by atoms with Gasteiger partial charge in [0.2, 0.25) is 0 Å². The molecule has 4 aromatic heterocycles. The number of aryl methyl sites for hydroxylation is 3. The van der Waals surface area contributed by atoms with Gasteiger partial charge in [0, 0.05) is 41.9 Å². The summed E-state index contributed by atoms with van der Waals surface area (Å²) in [7, 11) is 0. The van der Waals surface area contributed by atoms with E-state index in [2.05, 4.69) is 9.97 Å². The van der Waals surface area contributed by atoms with E-state index in [-0.39, 0.29) is 34.5 Å². The highest BCUT2D eigenvalue weighted by molar-refractivity contribution is 6.31. The van der Waals surface area contributed by atoms with Crippen LogP contribution in [0.4, 0.5) is 8.78 Å². The molecule has 0 bridgehead atoms. The maximum Gasteiger partial charge on any atom is 0.277 e. The Morgan fingerprint density at radius 1 is 1.03 bits per heavy atom. The average molecular weight is 543 g/mol.